The molecule has 0 rings (SSSR count). The second-order valence-electron chi connectivity index (χ2n) is 1.01. The average molecular weight is 154 g/mol. The van der Waals surface area contributed by atoms with Gasteiger partial charge in [0.25, 0.3) is 0 Å². The monoisotopic (exact) mass is 153 g/mol. The van der Waals surface area contributed by atoms with E-state index in [9.17, 15) is 4.57 Å². The first-order valence-electron chi connectivity index (χ1n) is 2.17. The van der Waals surface area contributed by atoms with Crippen LogP contribution in [-0.4, -0.2) is 6.61 Å². The molecule has 0 radical (unpaired) electrons. The van der Waals surface area contributed by atoms with Gasteiger partial charge in [-0.2, -0.15) is 0 Å². The SMILES string of the molecule is CCOC=C[P+](=O)Cl. The predicted molar refractivity (Wildman–Crippen MR) is 34.2 cm³/mol. The standard InChI is InChI=1S/C4H7ClO2P/c1-2-7-3-4-8(5)6/h3-4H,2H2,1H3/q+1. The lowest BCUT2D eigenvalue weighted by atomic mass is 10.9. The fourth-order valence-corrected chi connectivity index (χ4v) is 0.507. The van der Waals surface area contributed by atoms with Crippen LogP contribution in [0.15, 0.2) is 12.1 Å². The molecular formula is C4H7ClO2P+. The molecule has 0 aromatic carbocycles. The van der Waals surface area contributed by atoms with Crippen LogP contribution in [0.25, 0.3) is 0 Å². The molecule has 8 heavy (non-hydrogen) atoms. The molecule has 2 nitrogen and oxygen atoms in total. The van der Waals surface area contributed by atoms with Gasteiger partial charge in [-0.25, -0.2) is 0 Å². The molecule has 1 atom stereocenters. The first kappa shape index (κ1) is 7.93. The van der Waals surface area contributed by atoms with Crippen molar-refractivity contribution in [2.45, 2.75) is 6.92 Å². The summed E-state index contributed by atoms with van der Waals surface area (Å²) in [4.78, 5) is 0. The van der Waals surface area contributed by atoms with E-state index in [1.807, 2.05) is 6.92 Å². The number of hydrogen-bond donors (Lipinski definition) is 0. The molecule has 0 aliphatic rings. The van der Waals surface area contributed by atoms with Crippen LogP contribution in [0, 0.1) is 0 Å². The topological polar surface area (TPSA) is 26.3 Å². The third kappa shape index (κ3) is 5.93. The lowest BCUT2D eigenvalue weighted by molar-refractivity contribution is 0.270. The number of halogens is 1. The van der Waals surface area contributed by atoms with Crippen LogP contribution in [0.2, 0.25) is 0 Å². The molecule has 0 spiro atoms. The summed E-state index contributed by atoms with van der Waals surface area (Å²) < 4.78 is 14.8. The molecular weight excluding hydrogens is 146 g/mol. The van der Waals surface area contributed by atoms with Crippen LogP contribution in [0.4, 0.5) is 0 Å². The Balaban J connectivity index is 3.20. The van der Waals surface area contributed by atoms with Crippen molar-refractivity contribution in [1.29, 1.82) is 0 Å². The molecule has 1 unspecified atom stereocenters. The Morgan fingerprint density at radius 1 is 1.88 bits per heavy atom. The number of ether oxygens (including phenoxy) is 1. The van der Waals surface area contributed by atoms with Crippen molar-refractivity contribution in [3.05, 3.63) is 12.1 Å². The van der Waals surface area contributed by atoms with Gasteiger partial charge in [0.05, 0.1) is 6.61 Å². The zero-order chi connectivity index (χ0) is 6.41. The molecule has 0 aromatic rings. The van der Waals surface area contributed by atoms with Gasteiger partial charge in [-0.15, -0.1) is 0 Å². The van der Waals surface area contributed by atoms with Crippen molar-refractivity contribution >= 4 is 18.4 Å². The van der Waals surface area contributed by atoms with Gasteiger partial charge in [-0.1, -0.05) is 0 Å². The fourth-order valence-electron chi connectivity index (χ4n) is 0.187. The van der Waals surface area contributed by atoms with Gasteiger partial charge in [-0.3, -0.25) is 0 Å². The molecule has 0 N–H and O–H groups in total. The van der Waals surface area contributed by atoms with E-state index < -0.39 is 7.15 Å². The lowest BCUT2D eigenvalue weighted by Crippen LogP contribution is -1.73. The number of hydrogen-bond acceptors (Lipinski definition) is 2. The highest BCUT2D eigenvalue weighted by atomic mass is 35.7. The van der Waals surface area contributed by atoms with Gasteiger partial charge in [0.1, 0.15) is 6.26 Å². The van der Waals surface area contributed by atoms with Gasteiger partial charge in [0.2, 0.25) is 17.1 Å². The second-order valence-corrected chi connectivity index (χ2v) is 2.85. The highest BCUT2D eigenvalue weighted by molar-refractivity contribution is 7.76. The summed E-state index contributed by atoms with van der Waals surface area (Å²) in [7, 11) is -1.70. The van der Waals surface area contributed by atoms with E-state index in [4.69, 9.17) is 16.0 Å². The maximum atomic E-state index is 10.1. The molecule has 0 amide bonds. The highest BCUT2D eigenvalue weighted by Gasteiger charge is 2.00. The Hall–Kier alpha value is -0.0700. The summed E-state index contributed by atoms with van der Waals surface area (Å²) >= 11 is 5.06. The zero-order valence-corrected chi connectivity index (χ0v) is 6.15. The maximum absolute atomic E-state index is 10.1. The average Bonchev–Trinajstić information content (AvgIpc) is 1.66. The molecule has 0 bridgehead atoms. The van der Waals surface area contributed by atoms with Crippen LogP contribution in [0.1, 0.15) is 6.92 Å². The molecule has 0 saturated heterocycles. The van der Waals surface area contributed by atoms with Crippen molar-refractivity contribution in [3.63, 3.8) is 0 Å². The summed E-state index contributed by atoms with van der Waals surface area (Å²) in [6.07, 6.45) is 1.34. The molecule has 0 aromatic heterocycles. The molecule has 0 aliphatic heterocycles. The van der Waals surface area contributed by atoms with Gasteiger partial charge < -0.3 is 4.74 Å². The van der Waals surface area contributed by atoms with Gasteiger partial charge in [0, 0.05) is 0 Å². The summed E-state index contributed by atoms with van der Waals surface area (Å²) in [5.41, 5.74) is 0. The Morgan fingerprint density at radius 3 is 2.88 bits per heavy atom. The third-order valence-electron chi connectivity index (χ3n) is 0.441. The van der Waals surface area contributed by atoms with Crippen molar-refractivity contribution < 1.29 is 9.30 Å². The Kier molecular flexibility index (Phi) is 5.03. The van der Waals surface area contributed by atoms with Crippen molar-refractivity contribution in [2.75, 3.05) is 6.61 Å². The minimum absolute atomic E-state index is 0.580. The summed E-state index contributed by atoms with van der Waals surface area (Å²) in [6.45, 7) is 2.42. The largest absolute Gasteiger partial charge is 0.497 e. The van der Waals surface area contributed by atoms with Crippen molar-refractivity contribution in [1.82, 2.24) is 0 Å². The van der Waals surface area contributed by atoms with Crippen LogP contribution in [0.5, 0.6) is 0 Å². The van der Waals surface area contributed by atoms with Gasteiger partial charge >= 0.3 is 7.15 Å². The van der Waals surface area contributed by atoms with Crippen molar-refractivity contribution in [2.24, 2.45) is 0 Å². The number of rotatable bonds is 3. The van der Waals surface area contributed by atoms with E-state index in [2.05, 4.69) is 0 Å². The Labute approximate surface area is 54.1 Å². The summed E-state index contributed by atoms with van der Waals surface area (Å²) in [6, 6.07) is 0. The quantitative estimate of drug-likeness (QED) is 0.460. The molecule has 0 aliphatic carbocycles. The Bertz CT molecular complexity index is 102. The zero-order valence-electron chi connectivity index (χ0n) is 4.50. The van der Waals surface area contributed by atoms with E-state index >= 15 is 0 Å². The molecule has 0 heterocycles. The first-order valence-corrected chi connectivity index (χ1v) is 4.41. The normalized spacial score (nSPS) is 12.0. The van der Waals surface area contributed by atoms with Crippen molar-refractivity contribution in [3.8, 4) is 0 Å². The second kappa shape index (κ2) is 5.07. The molecule has 0 saturated carbocycles. The maximum Gasteiger partial charge on any atom is 0.489 e. The van der Waals surface area contributed by atoms with Crippen LogP contribution < -0.4 is 0 Å². The smallest absolute Gasteiger partial charge is 0.489 e. The first-order chi connectivity index (χ1) is 3.77. The van der Waals surface area contributed by atoms with E-state index in [1.54, 1.807) is 0 Å². The third-order valence-corrected chi connectivity index (χ3v) is 1.14. The Morgan fingerprint density at radius 2 is 2.50 bits per heavy atom. The predicted octanol–water partition coefficient (Wildman–Crippen LogP) is 2.48. The molecule has 0 fully saturated rings. The molecule has 4 heteroatoms. The minimum atomic E-state index is -1.70. The summed E-state index contributed by atoms with van der Waals surface area (Å²) in [5, 5.41) is 0. The fraction of sp³-hybridized carbons (Fsp3) is 0.500. The summed E-state index contributed by atoms with van der Waals surface area (Å²) in [5.74, 6) is 1.31. The van der Waals surface area contributed by atoms with Gasteiger partial charge in [0.15, 0.2) is 0 Å². The van der Waals surface area contributed by atoms with E-state index in [0.29, 0.717) is 6.61 Å². The lowest BCUT2D eigenvalue weighted by Gasteiger charge is -1.84. The highest BCUT2D eigenvalue weighted by Crippen LogP contribution is 2.27. The van der Waals surface area contributed by atoms with Crippen LogP contribution in [-0.2, 0) is 9.30 Å². The van der Waals surface area contributed by atoms with E-state index in [1.165, 1.54) is 12.1 Å². The van der Waals surface area contributed by atoms with Gasteiger partial charge in [-0.05, 0) is 11.5 Å². The molecule has 46 valence electrons. The van der Waals surface area contributed by atoms with Crippen LogP contribution >= 0.6 is 18.4 Å². The van der Waals surface area contributed by atoms with E-state index in [-0.39, 0.29) is 0 Å². The van der Waals surface area contributed by atoms with E-state index in [0.717, 1.165) is 0 Å². The minimum Gasteiger partial charge on any atom is -0.497 e. The van der Waals surface area contributed by atoms with Crippen LogP contribution in [0.3, 0.4) is 0 Å².